The fourth-order valence-corrected chi connectivity index (χ4v) is 2.75. The van der Waals surface area contributed by atoms with Crippen LogP contribution < -0.4 is 5.32 Å². The Kier molecular flexibility index (Phi) is 4.97. The molecule has 2 atom stereocenters. The van der Waals surface area contributed by atoms with Gasteiger partial charge in [0.25, 0.3) is 5.91 Å². The normalized spacial score (nSPS) is 13.3. The second-order valence-corrected chi connectivity index (χ2v) is 6.21. The minimum atomic E-state index is -1.17. The summed E-state index contributed by atoms with van der Waals surface area (Å²) in [5.74, 6) is -0.710. The fraction of sp³-hybridized carbons (Fsp3) is 0.263. The summed E-state index contributed by atoms with van der Waals surface area (Å²) < 4.78 is 0. The predicted octanol–water partition coefficient (Wildman–Crippen LogP) is 3.17. The van der Waals surface area contributed by atoms with Gasteiger partial charge < -0.3 is 15.4 Å². The van der Waals surface area contributed by atoms with Crippen LogP contribution in [0.4, 0.5) is 0 Å². The van der Waals surface area contributed by atoms with Gasteiger partial charge in [-0.1, -0.05) is 32.4 Å². The van der Waals surface area contributed by atoms with Gasteiger partial charge in [-0.25, -0.2) is 14.8 Å². The zero-order valence-corrected chi connectivity index (χ0v) is 14.6. The Hall–Kier alpha value is -3.22. The first kappa shape index (κ1) is 17.6. The maximum atomic E-state index is 12.7. The first-order chi connectivity index (χ1) is 12.5. The van der Waals surface area contributed by atoms with Crippen molar-refractivity contribution in [1.82, 2.24) is 20.3 Å². The number of carbonyl (C=O) groups excluding carboxylic acids is 1. The van der Waals surface area contributed by atoms with Crippen LogP contribution in [-0.4, -0.2) is 31.9 Å². The molecule has 2 aromatic heterocycles. The minimum absolute atomic E-state index is 0.139. The number of amides is 1. The van der Waals surface area contributed by atoms with E-state index in [0.29, 0.717) is 5.82 Å². The highest BCUT2D eigenvalue weighted by Crippen LogP contribution is 2.25. The first-order valence-electron chi connectivity index (χ1n) is 8.44. The van der Waals surface area contributed by atoms with Crippen molar-refractivity contribution in [2.45, 2.75) is 26.3 Å². The zero-order valence-electron chi connectivity index (χ0n) is 14.6. The number of benzene rings is 1. The van der Waals surface area contributed by atoms with Gasteiger partial charge in [0.1, 0.15) is 11.5 Å². The number of rotatable bonds is 6. The van der Waals surface area contributed by atoms with Crippen LogP contribution in [0.25, 0.3) is 11.0 Å². The molecular weight excluding hydrogens is 332 g/mol. The number of carboxylic acids is 1. The monoisotopic (exact) mass is 352 g/mol. The number of carboxylic acid groups (broad SMARTS) is 1. The molecule has 7 nitrogen and oxygen atoms in total. The lowest BCUT2D eigenvalue weighted by atomic mass is 9.98. The van der Waals surface area contributed by atoms with Crippen LogP contribution in [0, 0.1) is 5.92 Å². The fourth-order valence-electron chi connectivity index (χ4n) is 2.75. The number of imidazole rings is 1. The van der Waals surface area contributed by atoms with Gasteiger partial charge in [0, 0.05) is 11.8 Å². The number of nitrogens with zero attached hydrogens (tertiary/aromatic N) is 2. The molecule has 1 amide bonds. The SMILES string of the molecule is CCC(C)C(NC(=O)c1ccnc(C(=O)O)c1)c1nc2ccccc2[nH]1. The molecule has 0 fully saturated rings. The van der Waals surface area contributed by atoms with Crippen molar-refractivity contribution in [2.24, 2.45) is 5.92 Å². The van der Waals surface area contributed by atoms with Crippen LogP contribution in [0.3, 0.4) is 0 Å². The Balaban J connectivity index is 1.90. The number of aromatic nitrogens is 3. The Bertz CT molecular complexity index is 918. The highest BCUT2D eigenvalue weighted by atomic mass is 16.4. The molecule has 3 N–H and O–H groups in total. The summed E-state index contributed by atoms with van der Waals surface area (Å²) in [5, 5.41) is 12.0. The molecule has 0 aliphatic heterocycles. The second kappa shape index (κ2) is 7.35. The number of para-hydroxylation sites is 2. The number of H-pyrrole nitrogens is 1. The van der Waals surface area contributed by atoms with Gasteiger partial charge in [-0.05, 0) is 30.2 Å². The molecule has 0 aliphatic rings. The summed E-state index contributed by atoms with van der Waals surface area (Å²) in [4.78, 5) is 35.3. The Morgan fingerprint density at radius 2 is 2.04 bits per heavy atom. The molecule has 0 spiro atoms. The van der Waals surface area contributed by atoms with Crippen molar-refractivity contribution in [2.75, 3.05) is 0 Å². The molecule has 3 aromatic rings. The number of nitrogens with one attached hydrogen (secondary N) is 2. The van der Waals surface area contributed by atoms with Crippen LogP contribution in [0.1, 0.15) is 53.0 Å². The Labute approximate surface area is 150 Å². The van der Waals surface area contributed by atoms with Crippen molar-refractivity contribution in [3.63, 3.8) is 0 Å². The average Bonchev–Trinajstić information content (AvgIpc) is 3.09. The summed E-state index contributed by atoms with van der Waals surface area (Å²) in [6, 6.07) is 10.1. The van der Waals surface area contributed by atoms with Crippen LogP contribution in [0.15, 0.2) is 42.6 Å². The number of pyridine rings is 1. The molecular formula is C19H20N4O3. The third-order valence-electron chi connectivity index (χ3n) is 4.44. The van der Waals surface area contributed by atoms with Gasteiger partial charge in [-0.15, -0.1) is 0 Å². The van der Waals surface area contributed by atoms with Gasteiger partial charge >= 0.3 is 5.97 Å². The number of aromatic amines is 1. The molecule has 134 valence electrons. The Morgan fingerprint density at radius 1 is 1.27 bits per heavy atom. The molecule has 2 heterocycles. The average molecular weight is 352 g/mol. The molecule has 7 heteroatoms. The molecule has 0 radical (unpaired) electrons. The van der Waals surface area contributed by atoms with E-state index in [1.807, 2.05) is 38.1 Å². The highest BCUT2D eigenvalue weighted by molar-refractivity contribution is 5.96. The molecule has 26 heavy (non-hydrogen) atoms. The van der Waals surface area contributed by atoms with Crippen LogP contribution in [0.2, 0.25) is 0 Å². The molecule has 3 rings (SSSR count). The largest absolute Gasteiger partial charge is 0.477 e. The maximum Gasteiger partial charge on any atom is 0.354 e. The number of hydrogen-bond acceptors (Lipinski definition) is 4. The van der Waals surface area contributed by atoms with Crippen LogP contribution in [0.5, 0.6) is 0 Å². The van der Waals surface area contributed by atoms with Crippen molar-refractivity contribution in [3.8, 4) is 0 Å². The summed E-state index contributed by atoms with van der Waals surface area (Å²) in [6.07, 6.45) is 2.16. The summed E-state index contributed by atoms with van der Waals surface area (Å²) in [7, 11) is 0. The molecule has 0 aliphatic carbocycles. The van der Waals surface area contributed by atoms with Crippen molar-refractivity contribution in [1.29, 1.82) is 0 Å². The smallest absolute Gasteiger partial charge is 0.354 e. The van der Waals surface area contributed by atoms with Crippen molar-refractivity contribution in [3.05, 3.63) is 59.7 Å². The number of hydrogen-bond donors (Lipinski definition) is 3. The van der Waals surface area contributed by atoms with E-state index in [2.05, 4.69) is 20.3 Å². The van der Waals surface area contributed by atoms with E-state index in [1.165, 1.54) is 18.3 Å². The van der Waals surface area contributed by atoms with Gasteiger partial charge in [-0.2, -0.15) is 0 Å². The van der Waals surface area contributed by atoms with Crippen LogP contribution >= 0.6 is 0 Å². The molecule has 1 aromatic carbocycles. The standard InChI is InChI=1S/C19H20N4O3/c1-3-11(2)16(17-21-13-6-4-5-7-14(13)22-17)23-18(24)12-8-9-20-15(10-12)19(25)26/h4-11,16H,3H2,1-2H3,(H,21,22)(H,23,24)(H,25,26). The van der Waals surface area contributed by atoms with E-state index in [0.717, 1.165) is 17.5 Å². The molecule has 0 saturated carbocycles. The van der Waals surface area contributed by atoms with E-state index in [4.69, 9.17) is 5.11 Å². The van der Waals surface area contributed by atoms with E-state index in [9.17, 15) is 9.59 Å². The topological polar surface area (TPSA) is 108 Å². The summed E-state index contributed by atoms with van der Waals surface area (Å²) in [5.41, 5.74) is 1.83. The minimum Gasteiger partial charge on any atom is -0.477 e. The quantitative estimate of drug-likeness (QED) is 0.631. The number of aromatic carboxylic acids is 1. The second-order valence-electron chi connectivity index (χ2n) is 6.21. The summed E-state index contributed by atoms with van der Waals surface area (Å²) in [6.45, 7) is 4.08. The van der Waals surface area contributed by atoms with Gasteiger partial charge in [0.05, 0.1) is 17.1 Å². The lowest BCUT2D eigenvalue weighted by Crippen LogP contribution is -2.33. The zero-order chi connectivity index (χ0) is 18.7. The van der Waals surface area contributed by atoms with Crippen LogP contribution in [-0.2, 0) is 0 Å². The highest BCUT2D eigenvalue weighted by Gasteiger charge is 2.24. The number of carbonyl (C=O) groups is 2. The van der Waals surface area contributed by atoms with E-state index < -0.39 is 5.97 Å². The molecule has 0 bridgehead atoms. The van der Waals surface area contributed by atoms with Crippen molar-refractivity contribution >= 4 is 22.9 Å². The van der Waals surface area contributed by atoms with Gasteiger partial charge in [-0.3, -0.25) is 4.79 Å². The first-order valence-corrected chi connectivity index (χ1v) is 8.44. The molecule has 0 saturated heterocycles. The van der Waals surface area contributed by atoms with E-state index in [1.54, 1.807) is 0 Å². The third kappa shape index (κ3) is 3.56. The molecule has 2 unspecified atom stereocenters. The lowest BCUT2D eigenvalue weighted by Gasteiger charge is -2.22. The van der Waals surface area contributed by atoms with Gasteiger partial charge in [0.15, 0.2) is 0 Å². The van der Waals surface area contributed by atoms with Gasteiger partial charge in [0.2, 0.25) is 0 Å². The summed E-state index contributed by atoms with van der Waals surface area (Å²) >= 11 is 0. The van der Waals surface area contributed by atoms with E-state index >= 15 is 0 Å². The third-order valence-corrected chi connectivity index (χ3v) is 4.44. The van der Waals surface area contributed by atoms with E-state index in [-0.39, 0.29) is 29.1 Å². The predicted molar refractivity (Wildman–Crippen MR) is 97.0 cm³/mol. The number of fused-ring (bicyclic) bond motifs is 1. The Morgan fingerprint density at radius 3 is 2.73 bits per heavy atom. The lowest BCUT2D eigenvalue weighted by molar-refractivity contribution is 0.0690. The maximum absolute atomic E-state index is 12.7. The van der Waals surface area contributed by atoms with Crippen molar-refractivity contribution < 1.29 is 14.7 Å².